The molecule has 3 aromatic rings. The minimum Gasteiger partial charge on any atom is -0.454 e. The number of fused-ring (bicyclic) bond motifs is 1. The van der Waals surface area contributed by atoms with Crippen molar-refractivity contribution in [3.05, 3.63) is 82.4 Å². The second-order valence-electron chi connectivity index (χ2n) is 6.47. The van der Waals surface area contributed by atoms with Gasteiger partial charge in [-0.25, -0.2) is 9.97 Å². The molecule has 0 bridgehead atoms. The van der Waals surface area contributed by atoms with Crippen LogP contribution >= 0.6 is 11.6 Å². The van der Waals surface area contributed by atoms with E-state index in [9.17, 15) is 9.59 Å². The summed E-state index contributed by atoms with van der Waals surface area (Å²) in [5, 5.41) is 6.14. The van der Waals surface area contributed by atoms with Crippen LogP contribution in [0, 0.1) is 0 Å². The van der Waals surface area contributed by atoms with Crippen LogP contribution in [0.1, 0.15) is 32.1 Å². The maximum absolute atomic E-state index is 12.4. The fourth-order valence-electron chi connectivity index (χ4n) is 2.80. The van der Waals surface area contributed by atoms with Crippen molar-refractivity contribution in [3.63, 3.8) is 0 Å². The lowest BCUT2D eigenvalue weighted by atomic mass is 10.2. The number of carbonyl (C=O) groups excluding carboxylic acids is 2. The fraction of sp³-hybridized carbons (Fsp3) is 0.143. The summed E-state index contributed by atoms with van der Waals surface area (Å²) in [6.45, 7) is 0.776. The number of benzene rings is 2. The second kappa shape index (κ2) is 8.79. The Morgan fingerprint density at radius 1 is 0.833 bits per heavy atom. The summed E-state index contributed by atoms with van der Waals surface area (Å²) >= 11 is 5.85. The SMILES string of the molecule is O=C(NCc1ccc(Cl)cc1)c1cc(C(=O)NCc2ccc3c(c2)OCO3)ncn1. The molecule has 0 unspecified atom stereocenters. The van der Waals surface area contributed by atoms with Gasteiger partial charge in [0.25, 0.3) is 11.8 Å². The van der Waals surface area contributed by atoms with Crippen LogP contribution < -0.4 is 20.1 Å². The Labute approximate surface area is 177 Å². The quantitative estimate of drug-likeness (QED) is 0.630. The summed E-state index contributed by atoms with van der Waals surface area (Å²) in [5.74, 6) is 0.498. The van der Waals surface area contributed by atoms with Gasteiger partial charge in [0.2, 0.25) is 6.79 Å². The number of aromatic nitrogens is 2. The molecule has 0 spiro atoms. The number of carbonyl (C=O) groups is 2. The molecule has 0 fully saturated rings. The first-order chi connectivity index (χ1) is 14.6. The number of nitrogens with one attached hydrogen (secondary N) is 2. The third-order valence-electron chi connectivity index (χ3n) is 4.39. The van der Waals surface area contributed by atoms with Crippen molar-refractivity contribution in [3.8, 4) is 11.5 Å². The fourth-order valence-corrected chi connectivity index (χ4v) is 2.93. The average molecular weight is 425 g/mol. The van der Waals surface area contributed by atoms with Crippen molar-refractivity contribution in [2.75, 3.05) is 6.79 Å². The maximum atomic E-state index is 12.4. The van der Waals surface area contributed by atoms with Gasteiger partial charge in [-0.05, 0) is 35.4 Å². The molecule has 9 heteroatoms. The Bertz CT molecular complexity index is 1090. The number of hydrogen-bond donors (Lipinski definition) is 2. The van der Waals surface area contributed by atoms with Crippen molar-refractivity contribution in [1.82, 2.24) is 20.6 Å². The molecule has 2 amide bonds. The Balaban J connectivity index is 1.35. The third kappa shape index (κ3) is 4.66. The van der Waals surface area contributed by atoms with Gasteiger partial charge in [0.05, 0.1) is 0 Å². The normalized spacial score (nSPS) is 11.8. The van der Waals surface area contributed by atoms with Crippen LogP contribution in [0.3, 0.4) is 0 Å². The predicted molar refractivity (Wildman–Crippen MR) is 108 cm³/mol. The van der Waals surface area contributed by atoms with E-state index in [0.717, 1.165) is 11.1 Å². The topological polar surface area (TPSA) is 102 Å². The number of rotatable bonds is 6. The van der Waals surface area contributed by atoms with E-state index >= 15 is 0 Å². The molecular weight excluding hydrogens is 408 g/mol. The third-order valence-corrected chi connectivity index (χ3v) is 4.64. The maximum Gasteiger partial charge on any atom is 0.270 e. The summed E-state index contributed by atoms with van der Waals surface area (Å²) in [6.07, 6.45) is 1.19. The average Bonchev–Trinajstić information content (AvgIpc) is 3.25. The number of halogens is 1. The molecule has 30 heavy (non-hydrogen) atoms. The summed E-state index contributed by atoms with van der Waals surface area (Å²) in [4.78, 5) is 32.7. The molecular formula is C21H17ClN4O4. The Kier molecular flexibility index (Phi) is 5.76. The van der Waals surface area contributed by atoms with Gasteiger partial charge in [-0.1, -0.05) is 29.8 Å². The first-order valence-corrected chi connectivity index (χ1v) is 9.48. The van der Waals surface area contributed by atoms with Gasteiger partial charge in [0.1, 0.15) is 17.7 Å². The smallest absolute Gasteiger partial charge is 0.270 e. The van der Waals surface area contributed by atoms with Crippen molar-refractivity contribution >= 4 is 23.4 Å². The summed E-state index contributed by atoms with van der Waals surface area (Å²) < 4.78 is 10.6. The molecule has 0 saturated carbocycles. The van der Waals surface area contributed by atoms with Gasteiger partial charge in [-0.3, -0.25) is 9.59 Å². The van der Waals surface area contributed by atoms with Crippen LogP contribution in [0.4, 0.5) is 0 Å². The zero-order chi connectivity index (χ0) is 20.9. The van der Waals surface area contributed by atoms with Crippen molar-refractivity contribution in [2.24, 2.45) is 0 Å². The van der Waals surface area contributed by atoms with E-state index in [-0.39, 0.29) is 24.7 Å². The first-order valence-electron chi connectivity index (χ1n) is 9.10. The number of ether oxygens (including phenoxy) is 2. The minimum absolute atomic E-state index is 0.0994. The number of hydrogen-bond acceptors (Lipinski definition) is 6. The lowest BCUT2D eigenvalue weighted by Gasteiger charge is -2.08. The van der Waals surface area contributed by atoms with Gasteiger partial charge in [-0.2, -0.15) is 0 Å². The lowest BCUT2D eigenvalue weighted by molar-refractivity contribution is 0.0944. The van der Waals surface area contributed by atoms with Gasteiger partial charge >= 0.3 is 0 Å². The van der Waals surface area contributed by atoms with E-state index in [4.69, 9.17) is 21.1 Å². The van der Waals surface area contributed by atoms with E-state index in [1.165, 1.54) is 12.4 Å². The summed E-state index contributed by atoms with van der Waals surface area (Å²) in [7, 11) is 0. The number of amides is 2. The largest absolute Gasteiger partial charge is 0.454 e. The Morgan fingerprint density at radius 2 is 1.43 bits per heavy atom. The second-order valence-corrected chi connectivity index (χ2v) is 6.90. The molecule has 1 aliphatic heterocycles. The predicted octanol–water partition coefficient (Wildman–Crippen LogP) is 2.72. The molecule has 0 radical (unpaired) electrons. The molecule has 0 saturated heterocycles. The highest BCUT2D eigenvalue weighted by molar-refractivity contribution is 6.30. The molecule has 1 aromatic heterocycles. The molecule has 4 rings (SSSR count). The highest BCUT2D eigenvalue weighted by Gasteiger charge is 2.15. The lowest BCUT2D eigenvalue weighted by Crippen LogP contribution is -2.27. The van der Waals surface area contributed by atoms with Crippen LogP contribution in [0.15, 0.2) is 54.9 Å². The molecule has 2 N–H and O–H groups in total. The van der Waals surface area contributed by atoms with Crippen LogP contribution in [-0.2, 0) is 13.1 Å². The summed E-state index contributed by atoms with van der Waals surface area (Å²) in [6, 6.07) is 13.9. The van der Waals surface area contributed by atoms with Gasteiger partial charge in [0, 0.05) is 24.2 Å². The molecule has 2 heterocycles. The molecule has 8 nitrogen and oxygen atoms in total. The van der Waals surface area contributed by atoms with E-state index in [2.05, 4.69) is 20.6 Å². The standard InChI is InChI=1S/C21H17ClN4O4/c22-15-4-1-13(2-5-15)9-23-20(27)16-8-17(26-11-25-16)21(28)24-10-14-3-6-18-19(7-14)30-12-29-18/h1-8,11H,9-10,12H2,(H,23,27)(H,24,28). The van der Waals surface area contributed by atoms with Gasteiger partial charge in [0.15, 0.2) is 11.5 Å². The van der Waals surface area contributed by atoms with Crippen molar-refractivity contribution in [2.45, 2.75) is 13.1 Å². The highest BCUT2D eigenvalue weighted by Crippen LogP contribution is 2.32. The van der Waals surface area contributed by atoms with Crippen LogP contribution in [-0.4, -0.2) is 28.6 Å². The monoisotopic (exact) mass is 424 g/mol. The Hall–Kier alpha value is -3.65. The van der Waals surface area contributed by atoms with Crippen molar-refractivity contribution < 1.29 is 19.1 Å². The highest BCUT2D eigenvalue weighted by atomic mass is 35.5. The minimum atomic E-state index is -0.415. The number of nitrogens with zero attached hydrogens (tertiary/aromatic N) is 2. The van der Waals surface area contributed by atoms with Gasteiger partial charge < -0.3 is 20.1 Å². The van der Waals surface area contributed by atoms with Crippen molar-refractivity contribution in [1.29, 1.82) is 0 Å². The summed E-state index contributed by atoms with van der Waals surface area (Å²) in [5.41, 5.74) is 1.95. The Morgan fingerprint density at radius 3 is 2.13 bits per heavy atom. The molecule has 0 atom stereocenters. The van der Waals surface area contributed by atoms with Crippen LogP contribution in [0.25, 0.3) is 0 Å². The van der Waals surface area contributed by atoms with E-state index in [1.807, 2.05) is 18.2 Å². The molecule has 1 aliphatic rings. The first kappa shape index (κ1) is 19.7. The van der Waals surface area contributed by atoms with Crippen LogP contribution in [0.5, 0.6) is 11.5 Å². The zero-order valence-corrected chi connectivity index (χ0v) is 16.5. The van der Waals surface area contributed by atoms with E-state index in [1.54, 1.807) is 24.3 Å². The zero-order valence-electron chi connectivity index (χ0n) is 15.7. The van der Waals surface area contributed by atoms with E-state index in [0.29, 0.717) is 23.1 Å². The molecule has 0 aliphatic carbocycles. The van der Waals surface area contributed by atoms with Gasteiger partial charge in [-0.15, -0.1) is 0 Å². The molecule has 152 valence electrons. The molecule has 2 aromatic carbocycles. The van der Waals surface area contributed by atoms with E-state index < -0.39 is 11.8 Å². The van der Waals surface area contributed by atoms with Crippen LogP contribution in [0.2, 0.25) is 5.02 Å².